The molecule has 1 saturated heterocycles. The smallest absolute Gasteiger partial charge is 0.255 e. The van der Waals surface area contributed by atoms with Crippen molar-refractivity contribution >= 4 is 22.3 Å². The Hall–Kier alpha value is -2.79. The minimum atomic E-state index is -0.238. The van der Waals surface area contributed by atoms with Gasteiger partial charge in [0.2, 0.25) is 0 Å². The largest absolute Gasteiger partial charge is 0.391 e. The van der Waals surface area contributed by atoms with E-state index in [0.29, 0.717) is 13.1 Å². The molecule has 0 amide bonds. The van der Waals surface area contributed by atoms with E-state index < -0.39 is 0 Å². The van der Waals surface area contributed by atoms with Crippen LogP contribution in [0.3, 0.4) is 0 Å². The molecule has 0 radical (unpaired) electrons. The van der Waals surface area contributed by atoms with Gasteiger partial charge in [-0.05, 0) is 85.7 Å². The first-order valence-electron chi connectivity index (χ1n) is 10.3. The Morgan fingerprint density at radius 1 is 1.10 bits per heavy atom. The molecular formula is C24H29N3O2. The molecular weight excluding hydrogens is 362 g/mol. The summed E-state index contributed by atoms with van der Waals surface area (Å²) in [5.41, 5.74) is 6.29. The number of nitrogens with zero attached hydrogens (tertiary/aromatic N) is 2. The van der Waals surface area contributed by atoms with E-state index in [1.54, 1.807) is 4.57 Å². The number of aromatic nitrogens is 1. The minimum Gasteiger partial charge on any atom is -0.391 e. The molecule has 1 unspecified atom stereocenters. The second-order valence-electron chi connectivity index (χ2n) is 8.17. The van der Waals surface area contributed by atoms with E-state index in [0.717, 1.165) is 47.2 Å². The van der Waals surface area contributed by atoms with E-state index in [1.165, 1.54) is 11.1 Å². The van der Waals surface area contributed by atoms with Gasteiger partial charge in [0.1, 0.15) is 0 Å². The molecule has 1 fully saturated rings. The zero-order chi connectivity index (χ0) is 20.5. The van der Waals surface area contributed by atoms with Crippen molar-refractivity contribution in [2.45, 2.75) is 39.3 Å². The third-order valence-electron chi connectivity index (χ3n) is 6.03. The topological polar surface area (TPSA) is 57.5 Å². The predicted octanol–water partition coefficient (Wildman–Crippen LogP) is 3.73. The van der Waals surface area contributed by atoms with Crippen LogP contribution in [0.4, 0.5) is 11.4 Å². The van der Waals surface area contributed by atoms with E-state index in [9.17, 15) is 9.90 Å². The van der Waals surface area contributed by atoms with E-state index >= 15 is 0 Å². The van der Waals surface area contributed by atoms with Crippen molar-refractivity contribution in [1.29, 1.82) is 0 Å². The molecule has 1 atom stereocenters. The number of pyridine rings is 1. The van der Waals surface area contributed by atoms with Gasteiger partial charge in [-0.3, -0.25) is 4.79 Å². The van der Waals surface area contributed by atoms with Gasteiger partial charge in [-0.15, -0.1) is 0 Å². The van der Waals surface area contributed by atoms with Gasteiger partial charge in [-0.1, -0.05) is 0 Å². The summed E-state index contributed by atoms with van der Waals surface area (Å²) in [6.45, 7) is 6.33. The normalized spacial score (nSPS) is 17.0. The van der Waals surface area contributed by atoms with Crippen LogP contribution >= 0.6 is 0 Å². The fraction of sp³-hybridized carbons (Fsp3) is 0.375. The molecule has 0 spiro atoms. The first-order chi connectivity index (χ1) is 13.9. The first kappa shape index (κ1) is 19.5. The number of hydrogen-bond donors (Lipinski definition) is 2. The molecule has 1 aliphatic heterocycles. The second-order valence-corrected chi connectivity index (χ2v) is 8.17. The number of β-amino-alcohol motifs (C(OH)–C–C–N with tert-alkyl or cyclic N) is 1. The molecule has 5 heteroatoms. The molecule has 1 aromatic heterocycles. The van der Waals surface area contributed by atoms with Gasteiger partial charge in [0.25, 0.3) is 5.56 Å². The maximum atomic E-state index is 12.8. The number of hydrogen-bond acceptors (Lipinski definition) is 4. The fourth-order valence-corrected chi connectivity index (χ4v) is 4.11. The van der Waals surface area contributed by atoms with E-state index in [-0.39, 0.29) is 11.7 Å². The van der Waals surface area contributed by atoms with Crippen molar-refractivity contribution in [2.24, 2.45) is 7.05 Å². The second kappa shape index (κ2) is 7.91. The maximum Gasteiger partial charge on any atom is 0.255 e. The Morgan fingerprint density at radius 3 is 2.55 bits per heavy atom. The summed E-state index contributed by atoms with van der Waals surface area (Å²) in [5.74, 6) is 0. The Kier molecular flexibility index (Phi) is 5.33. The first-order valence-corrected chi connectivity index (χ1v) is 10.3. The molecule has 0 saturated carbocycles. The van der Waals surface area contributed by atoms with Crippen LogP contribution in [0.5, 0.6) is 0 Å². The van der Waals surface area contributed by atoms with Crippen LogP contribution in [0.15, 0.2) is 47.3 Å². The van der Waals surface area contributed by atoms with Crippen LogP contribution < -0.4 is 15.8 Å². The van der Waals surface area contributed by atoms with Gasteiger partial charge in [0.05, 0.1) is 11.6 Å². The van der Waals surface area contributed by atoms with Crippen molar-refractivity contribution in [1.82, 2.24) is 4.57 Å². The molecule has 2 heterocycles. The zero-order valence-corrected chi connectivity index (χ0v) is 17.4. The lowest BCUT2D eigenvalue weighted by atomic mass is 10.0. The fourth-order valence-electron chi connectivity index (χ4n) is 4.11. The number of aliphatic hydroxyl groups is 1. The highest BCUT2D eigenvalue weighted by atomic mass is 16.3. The van der Waals surface area contributed by atoms with Crippen LogP contribution in [-0.4, -0.2) is 28.9 Å². The van der Waals surface area contributed by atoms with Gasteiger partial charge in [0, 0.05) is 43.6 Å². The highest BCUT2D eigenvalue weighted by Gasteiger charge is 2.17. The Balaban J connectivity index is 1.51. The summed E-state index contributed by atoms with van der Waals surface area (Å²) in [6, 6.07) is 14.5. The van der Waals surface area contributed by atoms with Crippen molar-refractivity contribution in [3.05, 3.63) is 69.5 Å². The maximum absolute atomic E-state index is 12.8. The van der Waals surface area contributed by atoms with Crippen LogP contribution in [0.1, 0.15) is 29.5 Å². The summed E-state index contributed by atoms with van der Waals surface area (Å²) in [5, 5.41) is 14.3. The molecule has 4 rings (SSSR count). The average Bonchev–Trinajstić information content (AvgIpc) is 2.72. The van der Waals surface area contributed by atoms with Gasteiger partial charge in [-0.2, -0.15) is 0 Å². The van der Waals surface area contributed by atoms with Crippen LogP contribution in [-0.2, 0) is 13.6 Å². The monoisotopic (exact) mass is 391 g/mol. The van der Waals surface area contributed by atoms with Crippen LogP contribution in [0.2, 0.25) is 0 Å². The number of fused-ring (bicyclic) bond motifs is 1. The molecule has 152 valence electrons. The lowest BCUT2D eigenvalue weighted by Gasteiger charge is -2.32. The Labute approximate surface area is 171 Å². The van der Waals surface area contributed by atoms with E-state index in [1.807, 2.05) is 25.2 Å². The summed E-state index contributed by atoms with van der Waals surface area (Å²) in [6.07, 6.45) is 1.67. The molecule has 0 aliphatic carbocycles. The predicted molar refractivity (Wildman–Crippen MR) is 120 cm³/mol. The Bertz CT molecular complexity index is 1090. The van der Waals surface area contributed by atoms with Crippen molar-refractivity contribution in [3.8, 4) is 0 Å². The Morgan fingerprint density at radius 2 is 1.83 bits per heavy atom. The standard InChI is InChI=1S/C24H29N3O2/c1-16-11-18-13-19(24(29)26(3)23(18)12-17(16)2)14-25-20-6-8-21(9-7-20)27-10-4-5-22(28)15-27/h6-9,11-13,22,25,28H,4-5,10,14-15H2,1-3H3. The number of aliphatic hydroxyl groups excluding tert-OH is 1. The van der Waals surface area contributed by atoms with E-state index in [4.69, 9.17) is 0 Å². The van der Waals surface area contributed by atoms with Crippen LogP contribution in [0.25, 0.3) is 10.9 Å². The van der Waals surface area contributed by atoms with Crippen LogP contribution in [0, 0.1) is 13.8 Å². The van der Waals surface area contributed by atoms with Gasteiger partial charge < -0.3 is 19.9 Å². The molecule has 2 N–H and O–H groups in total. The number of aryl methyl sites for hydroxylation is 3. The van der Waals surface area contributed by atoms with Crippen molar-refractivity contribution in [3.63, 3.8) is 0 Å². The summed E-state index contributed by atoms with van der Waals surface area (Å²) < 4.78 is 1.74. The molecule has 1 aliphatic rings. The quantitative estimate of drug-likeness (QED) is 0.712. The average molecular weight is 392 g/mol. The highest BCUT2D eigenvalue weighted by Crippen LogP contribution is 2.23. The molecule has 3 aromatic rings. The third kappa shape index (κ3) is 4.01. The SMILES string of the molecule is Cc1cc2cc(CNc3ccc(N4CCCC(O)C4)cc3)c(=O)n(C)c2cc1C. The van der Waals surface area contributed by atoms with Crippen molar-refractivity contribution < 1.29 is 5.11 Å². The lowest BCUT2D eigenvalue weighted by Crippen LogP contribution is -2.38. The summed E-state index contributed by atoms with van der Waals surface area (Å²) in [4.78, 5) is 15.0. The number of nitrogens with one attached hydrogen (secondary N) is 1. The lowest BCUT2D eigenvalue weighted by molar-refractivity contribution is 0.154. The number of benzene rings is 2. The van der Waals surface area contributed by atoms with Gasteiger partial charge in [-0.25, -0.2) is 0 Å². The third-order valence-corrected chi connectivity index (χ3v) is 6.03. The molecule has 29 heavy (non-hydrogen) atoms. The molecule has 2 aromatic carbocycles. The number of rotatable bonds is 4. The van der Waals surface area contributed by atoms with Gasteiger partial charge >= 0.3 is 0 Å². The summed E-state index contributed by atoms with van der Waals surface area (Å²) in [7, 11) is 1.84. The summed E-state index contributed by atoms with van der Waals surface area (Å²) >= 11 is 0. The highest BCUT2D eigenvalue weighted by molar-refractivity contribution is 5.81. The van der Waals surface area contributed by atoms with E-state index in [2.05, 4.69) is 48.3 Å². The number of piperidine rings is 1. The van der Waals surface area contributed by atoms with Gasteiger partial charge in [0.15, 0.2) is 0 Å². The molecule has 0 bridgehead atoms. The van der Waals surface area contributed by atoms with Crippen molar-refractivity contribution in [2.75, 3.05) is 23.3 Å². The zero-order valence-electron chi connectivity index (χ0n) is 17.4. The number of anilines is 2. The minimum absolute atomic E-state index is 0.0344. The molecule has 5 nitrogen and oxygen atoms in total.